The van der Waals surface area contributed by atoms with Crippen molar-refractivity contribution in [3.63, 3.8) is 0 Å². The van der Waals surface area contributed by atoms with Crippen LogP contribution < -0.4 is 5.32 Å². The Bertz CT molecular complexity index is 1330. The minimum atomic E-state index is -0.600. The molecule has 0 radical (unpaired) electrons. The zero-order chi connectivity index (χ0) is 23.8. The molecule has 3 aromatic heterocycles. The van der Waals surface area contributed by atoms with Gasteiger partial charge < -0.3 is 10.1 Å². The molecule has 1 fully saturated rings. The Balaban J connectivity index is 1.61. The highest BCUT2D eigenvalue weighted by Crippen LogP contribution is 2.33. The number of hydrogen-bond donors (Lipinski definition) is 2. The molecule has 4 aromatic rings. The van der Waals surface area contributed by atoms with E-state index >= 15 is 0 Å². The van der Waals surface area contributed by atoms with E-state index < -0.39 is 11.6 Å². The van der Waals surface area contributed by atoms with Gasteiger partial charge in [-0.2, -0.15) is 10.2 Å². The number of nitrogens with zero attached hydrogens (tertiary/aromatic N) is 5. The Kier molecular flexibility index (Phi) is 6.01. The number of halogens is 2. The zero-order valence-electron chi connectivity index (χ0n) is 19.4. The SMILES string of the molecule is Cc1cc(Nc2cc(CN3CCOCC3)n3nc(C)c([C@H](C)c4ccc(F)cc4F)c3n2)n[nH]1. The molecule has 34 heavy (non-hydrogen) atoms. The van der Waals surface area contributed by atoms with Crippen molar-refractivity contribution in [3.05, 3.63) is 70.2 Å². The summed E-state index contributed by atoms with van der Waals surface area (Å²) in [6, 6.07) is 7.54. The zero-order valence-corrected chi connectivity index (χ0v) is 19.4. The first-order chi connectivity index (χ1) is 16.4. The molecule has 2 N–H and O–H groups in total. The molecule has 1 atom stereocenters. The van der Waals surface area contributed by atoms with Crippen LogP contribution in [0, 0.1) is 25.5 Å². The number of morpholine rings is 1. The number of H-pyrrole nitrogens is 1. The fourth-order valence-corrected chi connectivity index (χ4v) is 4.49. The summed E-state index contributed by atoms with van der Waals surface area (Å²) in [4.78, 5) is 7.15. The number of fused-ring (bicyclic) bond motifs is 1. The number of benzene rings is 1. The molecule has 1 aromatic carbocycles. The molecule has 1 aliphatic heterocycles. The molecule has 0 amide bonds. The van der Waals surface area contributed by atoms with Crippen LogP contribution in [0.25, 0.3) is 5.65 Å². The molecule has 0 unspecified atom stereocenters. The fourth-order valence-electron chi connectivity index (χ4n) is 4.49. The predicted molar refractivity (Wildman–Crippen MR) is 124 cm³/mol. The number of nitrogens with one attached hydrogen (secondary N) is 2. The van der Waals surface area contributed by atoms with Crippen LogP contribution in [0.3, 0.4) is 0 Å². The van der Waals surface area contributed by atoms with Gasteiger partial charge in [0.25, 0.3) is 0 Å². The van der Waals surface area contributed by atoms with E-state index in [1.807, 2.05) is 37.4 Å². The Morgan fingerprint density at radius 2 is 1.91 bits per heavy atom. The van der Waals surface area contributed by atoms with Crippen LogP contribution in [0.15, 0.2) is 30.3 Å². The summed E-state index contributed by atoms with van der Waals surface area (Å²) in [7, 11) is 0. The number of ether oxygens (including phenoxy) is 1. The molecule has 4 heterocycles. The maximum Gasteiger partial charge on any atom is 0.161 e. The average Bonchev–Trinajstić information content (AvgIpc) is 3.36. The van der Waals surface area contributed by atoms with Crippen LogP contribution in [0.5, 0.6) is 0 Å². The summed E-state index contributed by atoms with van der Waals surface area (Å²) in [6.07, 6.45) is 0. The average molecular weight is 468 g/mol. The maximum absolute atomic E-state index is 14.7. The molecule has 0 bridgehead atoms. The first-order valence-corrected chi connectivity index (χ1v) is 11.3. The molecular formula is C24H27F2N7O. The fraction of sp³-hybridized carbons (Fsp3) is 0.375. The lowest BCUT2D eigenvalue weighted by Crippen LogP contribution is -2.36. The minimum absolute atomic E-state index is 0.371. The Morgan fingerprint density at radius 3 is 2.62 bits per heavy atom. The van der Waals surface area contributed by atoms with E-state index in [9.17, 15) is 8.78 Å². The summed E-state index contributed by atoms with van der Waals surface area (Å²) in [6.45, 7) is 9.41. The highest BCUT2D eigenvalue weighted by molar-refractivity contribution is 5.62. The summed E-state index contributed by atoms with van der Waals surface area (Å²) in [5.74, 6) is -0.278. The van der Waals surface area contributed by atoms with Crippen molar-refractivity contribution in [1.82, 2.24) is 29.7 Å². The predicted octanol–water partition coefficient (Wildman–Crippen LogP) is 4.08. The van der Waals surface area contributed by atoms with Gasteiger partial charge in [-0.25, -0.2) is 18.3 Å². The van der Waals surface area contributed by atoms with Crippen molar-refractivity contribution in [2.45, 2.75) is 33.2 Å². The van der Waals surface area contributed by atoms with Crippen LogP contribution in [-0.2, 0) is 11.3 Å². The minimum Gasteiger partial charge on any atom is -0.379 e. The van der Waals surface area contributed by atoms with Gasteiger partial charge >= 0.3 is 0 Å². The smallest absolute Gasteiger partial charge is 0.161 e. The van der Waals surface area contributed by atoms with E-state index in [0.29, 0.717) is 42.6 Å². The van der Waals surface area contributed by atoms with Crippen molar-refractivity contribution in [1.29, 1.82) is 0 Å². The summed E-state index contributed by atoms with van der Waals surface area (Å²) in [5, 5.41) is 15.2. The van der Waals surface area contributed by atoms with Gasteiger partial charge in [0.1, 0.15) is 17.5 Å². The number of anilines is 2. The largest absolute Gasteiger partial charge is 0.379 e. The van der Waals surface area contributed by atoms with E-state index in [2.05, 4.69) is 20.4 Å². The molecule has 10 heteroatoms. The van der Waals surface area contributed by atoms with E-state index in [0.717, 1.165) is 41.8 Å². The van der Waals surface area contributed by atoms with Crippen molar-refractivity contribution in [2.75, 3.05) is 31.6 Å². The molecule has 0 saturated carbocycles. The van der Waals surface area contributed by atoms with Gasteiger partial charge in [-0.1, -0.05) is 13.0 Å². The molecule has 1 aliphatic rings. The van der Waals surface area contributed by atoms with E-state index in [4.69, 9.17) is 14.8 Å². The monoisotopic (exact) mass is 467 g/mol. The Morgan fingerprint density at radius 1 is 1.12 bits per heavy atom. The van der Waals surface area contributed by atoms with Gasteiger partial charge in [0.15, 0.2) is 11.5 Å². The highest BCUT2D eigenvalue weighted by Gasteiger charge is 2.24. The van der Waals surface area contributed by atoms with Gasteiger partial charge in [-0.05, 0) is 25.5 Å². The molecule has 1 saturated heterocycles. The van der Waals surface area contributed by atoms with Crippen molar-refractivity contribution >= 4 is 17.3 Å². The third-order valence-corrected chi connectivity index (χ3v) is 6.20. The molecule has 0 aliphatic carbocycles. The second-order valence-electron chi connectivity index (χ2n) is 8.70. The van der Waals surface area contributed by atoms with Crippen molar-refractivity contribution in [2.24, 2.45) is 0 Å². The number of hydrogen-bond acceptors (Lipinski definition) is 6. The standard InChI is InChI=1S/C24H27F2N7O/c1-14-10-22(30-29-14)27-21-12-18(13-32-6-8-34-9-7-32)33-24(28-21)23(16(3)31-33)15(2)19-5-4-17(25)11-20(19)26/h4-5,10-12,15H,6-9,13H2,1-3H3,(H2,27,28,29,30)/t15-/m1/s1. The van der Waals surface area contributed by atoms with Gasteiger partial charge in [0.2, 0.25) is 0 Å². The number of rotatable bonds is 6. The van der Waals surface area contributed by atoms with Crippen molar-refractivity contribution < 1.29 is 13.5 Å². The first-order valence-electron chi connectivity index (χ1n) is 11.3. The number of aromatic amines is 1. The topological polar surface area (TPSA) is 83.4 Å². The van der Waals surface area contributed by atoms with Crippen LogP contribution in [0.4, 0.5) is 20.4 Å². The van der Waals surface area contributed by atoms with Gasteiger partial charge in [0, 0.05) is 55.0 Å². The lowest BCUT2D eigenvalue weighted by Gasteiger charge is -2.26. The van der Waals surface area contributed by atoms with Crippen LogP contribution in [0.2, 0.25) is 0 Å². The lowest BCUT2D eigenvalue weighted by atomic mass is 9.92. The molecule has 8 nitrogen and oxygen atoms in total. The van der Waals surface area contributed by atoms with Crippen LogP contribution in [0.1, 0.15) is 41.1 Å². The van der Waals surface area contributed by atoms with Gasteiger partial charge in [-0.3, -0.25) is 10.00 Å². The molecule has 0 spiro atoms. The molecular weight excluding hydrogens is 440 g/mol. The maximum atomic E-state index is 14.7. The second-order valence-corrected chi connectivity index (χ2v) is 8.70. The highest BCUT2D eigenvalue weighted by atomic mass is 19.1. The number of aromatic nitrogens is 5. The summed E-state index contributed by atoms with van der Waals surface area (Å²) in [5.41, 5.74) is 4.46. The van der Waals surface area contributed by atoms with Gasteiger partial charge in [-0.15, -0.1) is 0 Å². The molecule has 178 valence electrons. The third kappa shape index (κ3) is 4.38. The quantitative estimate of drug-likeness (QED) is 0.445. The van der Waals surface area contributed by atoms with E-state index in [1.165, 1.54) is 12.1 Å². The van der Waals surface area contributed by atoms with E-state index in [-0.39, 0.29) is 5.92 Å². The van der Waals surface area contributed by atoms with Crippen LogP contribution in [-0.4, -0.2) is 56.0 Å². The van der Waals surface area contributed by atoms with Crippen molar-refractivity contribution in [3.8, 4) is 0 Å². The Labute approximate surface area is 196 Å². The lowest BCUT2D eigenvalue weighted by molar-refractivity contribution is 0.0334. The third-order valence-electron chi connectivity index (χ3n) is 6.20. The summed E-state index contributed by atoms with van der Waals surface area (Å²) >= 11 is 0. The van der Waals surface area contributed by atoms with Crippen LogP contribution >= 0.6 is 0 Å². The number of aryl methyl sites for hydroxylation is 2. The van der Waals surface area contributed by atoms with E-state index in [1.54, 1.807) is 0 Å². The first kappa shape index (κ1) is 22.4. The summed E-state index contributed by atoms with van der Waals surface area (Å²) < 4.78 is 35.5. The Hall–Kier alpha value is -3.37. The second kappa shape index (κ2) is 9.11. The van der Waals surface area contributed by atoms with Gasteiger partial charge in [0.05, 0.1) is 24.6 Å². The normalized spacial score (nSPS) is 15.7. The molecule has 5 rings (SSSR count).